The summed E-state index contributed by atoms with van der Waals surface area (Å²) in [5.74, 6) is 5.08. The van der Waals surface area contributed by atoms with Crippen LogP contribution in [0.2, 0.25) is 0 Å². The normalized spacial score (nSPS) is 23.4. The second-order valence-corrected chi connectivity index (χ2v) is 23.7. The van der Waals surface area contributed by atoms with Gasteiger partial charge in [0.25, 0.3) is 6.47 Å². The summed E-state index contributed by atoms with van der Waals surface area (Å²) in [6.45, 7) is 24.9. The van der Waals surface area contributed by atoms with Gasteiger partial charge < -0.3 is 62.7 Å². The van der Waals surface area contributed by atoms with Crippen molar-refractivity contribution in [2.24, 2.45) is 0 Å². The number of carbonyl (C=O) groups is 2. The van der Waals surface area contributed by atoms with Crippen LogP contribution in [0.5, 0.6) is 52.5 Å². The van der Waals surface area contributed by atoms with Crippen LogP contribution in [0.4, 0.5) is 4.79 Å². The zero-order valence-corrected chi connectivity index (χ0v) is 52.0. The molecule has 88 heavy (non-hydrogen) atoms. The van der Waals surface area contributed by atoms with Crippen LogP contribution in [-0.4, -0.2) is 168 Å². The average molecular weight is 1220 g/mol. The van der Waals surface area contributed by atoms with E-state index in [1.807, 2.05) is 117 Å². The van der Waals surface area contributed by atoms with E-state index in [4.69, 9.17) is 47.4 Å². The Morgan fingerprint density at radius 1 is 0.511 bits per heavy atom. The number of carbonyl (C=O) groups excluding carboxylic acids is 2. The molecule has 25 nitrogen and oxygen atoms in total. The molecule has 0 aromatic carbocycles. The third-order valence-corrected chi connectivity index (χ3v) is 15.1. The number of fused-ring (bicyclic) bond motifs is 6. The zero-order chi connectivity index (χ0) is 62.3. The Morgan fingerprint density at radius 3 is 1.15 bits per heavy atom. The molecule has 6 aliphatic heterocycles. The third kappa shape index (κ3) is 17.9. The Labute approximate surface area is 513 Å². The number of nitrogens with zero attached hydrogens (tertiary/aromatic N) is 10. The minimum Gasteiger partial charge on any atom is -0.474 e. The number of hydrogen-bond acceptors (Lipinski definition) is 24. The van der Waals surface area contributed by atoms with Gasteiger partial charge in [-0.2, -0.15) is 0 Å². The molecule has 12 rings (SSSR count). The molecule has 0 aliphatic carbocycles. The van der Waals surface area contributed by atoms with Crippen LogP contribution in [0.25, 0.3) is 0 Å². The fraction of sp³-hybridized carbons (Fsp3) is 0.540. The highest BCUT2D eigenvalue weighted by molar-refractivity contribution is 5.69. The Morgan fingerprint density at radius 2 is 0.841 bits per heavy atom. The molecular weight excluding hydrogens is 1130 g/mol. The molecule has 6 bridgehead atoms. The predicted octanol–water partition coefficient (Wildman–Crippen LogP) is 8.75. The van der Waals surface area contributed by atoms with Gasteiger partial charge in [0.15, 0.2) is 17.2 Å². The zero-order valence-electron chi connectivity index (χ0n) is 52.0. The standard InChI is InChI=1S/C22H28N4O5.2C18H22N4O3.C5H10O2/c1-13(2)29-22(27)26-16-8-18(9-17(26)11-28-10-16)30-20-14(3)21(25-12-24-20)31-19-6-5-7-23-15(19)4;2*1-11-17(24-15-6-13-8-23-9-14(7-15)22-13)20-10-21-18(11)25-16-4-3-5-19-12(16)2;1-5(2,3)7-4-6/h5-7,12-13,16-18H,8-11H2,1-4H3;2*3-5,10,13-15,22H,6-9H2,1-2H3;4H,1-3H3. The average Bonchev–Trinajstić information content (AvgIpc) is 3.65. The topological polar surface area (TPSA) is 279 Å². The van der Waals surface area contributed by atoms with Crippen molar-refractivity contribution in [2.75, 3.05) is 39.6 Å². The Balaban J connectivity index is 0.000000150. The lowest BCUT2D eigenvalue weighted by atomic mass is 9.92. The van der Waals surface area contributed by atoms with Crippen molar-refractivity contribution in [3.05, 3.63) is 108 Å². The van der Waals surface area contributed by atoms with E-state index < -0.39 is 0 Å². The van der Waals surface area contributed by atoms with Gasteiger partial charge in [-0.05, 0) is 113 Å². The molecule has 1 amide bonds. The van der Waals surface area contributed by atoms with E-state index in [0.717, 1.165) is 80.3 Å². The van der Waals surface area contributed by atoms with Gasteiger partial charge in [-0.25, -0.2) is 34.7 Å². The molecule has 472 valence electrons. The first-order valence-electron chi connectivity index (χ1n) is 29.9. The van der Waals surface area contributed by atoms with Crippen LogP contribution < -0.4 is 39.1 Å². The van der Waals surface area contributed by atoms with E-state index in [-0.39, 0.29) is 48.2 Å². The maximum absolute atomic E-state index is 12.6. The molecule has 6 aliphatic rings. The molecule has 25 heteroatoms. The van der Waals surface area contributed by atoms with Gasteiger partial charge in [0.1, 0.15) is 42.9 Å². The number of pyridine rings is 3. The Bertz CT molecular complexity index is 3100. The summed E-state index contributed by atoms with van der Waals surface area (Å²) in [4.78, 5) is 62.4. The van der Waals surface area contributed by atoms with E-state index in [1.54, 1.807) is 18.6 Å². The lowest BCUT2D eigenvalue weighted by molar-refractivity contribution is -0.138. The van der Waals surface area contributed by atoms with Crippen LogP contribution in [0.3, 0.4) is 0 Å². The number of morpholine rings is 3. The lowest BCUT2D eigenvalue weighted by Crippen LogP contribution is -2.61. The SMILES string of the molecule is CC(C)(C)OC=O.Cc1ncccc1Oc1ncnc(OC2CC3COCC(C2)N3)c1C.Cc1ncccc1Oc1ncnc(OC2CC3COCC(C2)N3)c1C.Cc1ncccc1Oc1ncnc(OC2CC3COCC(C2)N3C(=O)OC(C)C)c1C. The number of nitrogens with one attached hydrogen (secondary N) is 2. The first-order chi connectivity index (χ1) is 42.4. The van der Waals surface area contributed by atoms with Crippen molar-refractivity contribution in [2.45, 2.75) is 181 Å². The van der Waals surface area contributed by atoms with Crippen molar-refractivity contribution < 1.29 is 61.7 Å². The Kier molecular flexibility index (Phi) is 22.2. The third-order valence-electron chi connectivity index (χ3n) is 15.1. The van der Waals surface area contributed by atoms with E-state index >= 15 is 0 Å². The number of aromatic nitrogens is 9. The summed E-state index contributed by atoms with van der Waals surface area (Å²) < 4.78 is 63.3. The summed E-state index contributed by atoms with van der Waals surface area (Å²) in [7, 11) is 0. The minimum absolute atomic E-state index is 0.0837. The smallest absolute Gasteiger partial charge is 0.410 e. The summed E-state index contributed by atoms with van der Waals surface area (Å²) in [5.41, 5.74) is 4.40. The maximum Gasteiger partial charge on any atom is 0.410 e. The van der Waals surface area contributed by atoms with Crippen LogP contribution in [0.1, 0.15) is 107 Å². The van der Waals surface area contributed by atoms with E-state index in [2.05, 4.69) is 60.2 Å². The highest BCUT2D eigenvalue weighted by Gasteiger charge is 2.44. The van der Waals surface area contributed by atoms with Gasteiger partial charge in [0.2, 0.25) is 35.3 Å². The highest BCUT2D eigenvalue weighted by Crippen LogP contribution is 2.36. The molecule has 12 heterocycles. The van der Waals surface area contributed by atoms with Gasteiger partial charge in [0.05, 0.1) is 91.6 Å². The summed E-state index contributed by atoms with van der Waals surface area (Å²) in [5, 5.41) is 7.13. The first-order valence-corrected chi connectivity index (χ1v) is 29.9. The number of ether oxygens (including phenoxy) is 11. The lowest BCUT2D eigenvalue weighted by Gasteiger charge is -2.47. The second-order valence-electron chi connectivity index (χ2n) is 23.7. The van der Waals surface area contributed by atoms with Crippen LogP contribution in [0.15, 0.2) is 74.0 Å². The molecule has 6 aromatic heterocycles. The maximum atomic E-state index is 12.6. The van der Waals surface area contributed by atoms with Crippen molar-refractivity contribution in [3.8, 4) is 52.5 Å². The molecule has 0 saturated carbocycles. The van der Waals surface area contributed by atoms with Gasteiger partial charge >= 0.3 is 6.09 Å². The van der Waals surface area contributed by atoms with Crippen molar-refractivity contribution >= 4 is 12.6 Å². The van der Waals surface area contributed by atoms with Gasteiger partial charge in [-0.1, -0.05) is 0 Å². The number of aryl methyl sites for hydroxylation is 3. The van der Waals surface area contributed by atoms with Crippen molar-refractivity contribution in [1.29, 1.82) is 0 Å². The van der Waals surface area contributed by atoms with Crippen LogP contribution in [-0.2, 0) is 28.5 Å². The number of hydrogen-bond donors (Lipinski definition) is 2. The summed E-state index contributed by atoms with van der Waals surface area (Å²) >= 11 is 0. The van der Waals surface area contributed by atoms with Crippen molar-refractivity contribution in [3.63, 3.8) is 0 Å². The van der Waals surface area contributed by atoms with E-state index in [9.17, 15) is 9.59 Å². The minimum atomic E-state index is -0.318. The van der Waals surface area contributed by atoms with Gasteiger partial charge in [-0.15, -0.1) is 0 Å². The Hall–Kier alpha value is -7.97. The largest absolute Gasteiger partial charge is 0.474 e. The molecular formula is C63H82N12O13. The molecule has 6 unspecified atom stereocenters. The highest BCUT2D eigenvalue weighted by atomic mass is 16.6. The fourth-order valence-corrected chi connectivity index (χ4v) is 10.9. The van der Waals surface area contributed by atoms with Crippen LogP contribution in [0, 0.1) is 41.5 Å². The number of amides is 1. The fourth-order valence-electron chi connectivity index (χ4n) is 10.9. The quantitative estimate of drug-likeness (QED) is 0.0964. The number of piperidine rings is 3. The van der Waals surface area contributed by atoms with Gasteiger partial charge in [-0.3, -0.25) is 24.6 Å². The number of rotatable bonds is 14. The summed E-state index contributed by atoms with van der Waals surface area (Å²) in [6.07, 6.45) is 14.2. The molecule has 0 radical (unpaired) electrons. The second kappa shape index (κ2) is 30.3. The molecule has 2 N–H and O–H groups in total. The molecule has 6 atom stereocenters. The predicted molar refractivity (Wildman–Crippen MR) is 320 cm³/mol. The van der Waals surface area contributed by atoms with Crippen LogP contribution >= 0.6 is 0 Å². The summed E-state index contributed by atoms with van der Waals surface area (Å²) in [6, 6.07) is 12.3. The first kappa shape index (κ1) is 64.5. The van der Waals surface area contributed by atoms with Crippen molar-refractivity contribution in [1.82, 2.24) is 60.4 Å². The molecule has 6 fully saturated rings. The molecule has 6 aromatic rings. The monoisotopic (exact) mass is 1210 g/mol. The van der Waals surface area contributed by atoms with E-state index in [1.165, 1.54) is 19.0 Å². The molecule has 0 spiro atoms. The molecule has 6 saturated heterocycles. The van der Waals surface area contributed by atoms with E-state index in [0.29, 0.717) is 115 Å². The van der Waals surface area contributed by atoms with Gasteiger partial charge in [0, 0.05) is 81.3 Å².